The summed E-state index contributed by atoms with van der Waals surface area (Å²) in [6.45, 7) is 4.06. The van der Waals surface area contributed by atoms with Crippen molar-refractivity contribution >= 4 is 46.6 Å². The number of ether oxygens (including phenoxy) is 2. The summed E-state index contributed by atoms with van der Waals surface area (Å²) in [7, 11) is 0. The SMILES string of the molecule is CCOC(=O)C1=C(C)N=c2s/c(=C/c3ccc(OCc4ccc(Cl)cc4Cl)cc3)c(=O)n2[C@@H]1c1ccccc1. The van der Waals surface area contributed by atoms with Crippen molar-refractivity contribution < 1.29 is 14.3 Å². The van der Waals surface area contributed by atoms with Crippen LogP contribution in [-0.4, -0.2) is 17.1 Å². The van der Waals surface area contributed by atoms with Crippen molar-refractivity contribution in [3.8, 4) is 5.75 Å². The van der Waals surface area contributed by atoms with E-state index in [1.807, 2.05) is 66.7 Å². The van der Waals surface area contributed by atoms with Crippen LogP contribution in [0, 0.1) is 0 Å². The zero-order chi connectivity index (χ0) is 27.5. The predicted molar refractivity (Wildman–Crippen MR) is 154 cm³/mol. The minimum Gasteiger partial charge on any atom is -0.489 e. The van der Waals surface area contributed by atoms with E-state index in [9.17, 15) is 9.59 Å². The summed E-state index contributed by atoms with van der Waals surface area (Å²) in [5.41, 5.74) is 3.15. The molecule has 0 unspecified atom stereocenters. The second-order valence-electron chi connectivity index (χ2n) is 8.81. The number of carbonyl (C=O) groups excluding carboxylic acids is 1. The van der Waals surface area contributed by atoms with Gasteiger partial charge in [-0.3, -0.25) is 9.36 Å². The molecule has 4 aromatic rings. The molecule has 9 heteroatoms. The lowest BCUT2D eigenvalue weighted by Crippen LogP contribution is -2.39. The Kier molecular flexibility index (Phi) is 8.02. The smallest absolute Gasteiger partial charge is 0.338 e. The monoisotopic (exact) mass is 578 g/mol. The normalized spacial score (nSPS) is 15.1. The number of esters is 1. The van der Waals surface area contributed by atoms with E-state index in [1.54, 1.807) is 30.5 Å². The summed E-state index contributed by atoms with van der Waals surface area (Å²) in [5.74, 6) is 0.191. The van der Waals surface area contributed by atoms with Gasteiger partial charge in [0, 0.05) is 15.6 Å². The van der Waals surface area contributed by atoms with E-state index in [0.717, 1.165) is 16.7 Å². The number of rotatable bonds is 7. The number of thiazole rings is 1. The molecule has 0 saturated heterocycles. The maximum atomic E-state index is 13.7. The van der Waals surface area contributed by atoms with Crippen LogP contribution < -0.4 is 19.6 Å². The van der Waals surface area contributed by atoms with Crippen LogP contribution in [0.2, 0.25) is 10.0 Å². The summed E-state index contributed by atoms with van der Waals surface area (Å²) < 4.78 is 13.3. The average Bonchev–Trinajstić information content (AvgIpc) is 3.22. The van der Waals surface area contributed by atoms with Gasteiger partial charge >= 0.3 is 5.97 Å². The van der Waals surface area contributed by atoms with Crippen molar-refractivity contribution in [1.82, 2.24) is 4.57 Å². The molecule has 0 saturated carbocycles. The highest BCUT2D eigenvalue weighted by molar-refractivity contribution is 7.07. The summed E-state index contributed by atoms with van der Waals surface area (Å²) in [6.07, 6.45) is 1.81. The van der Waals surface area contributed by atoms with Crippen LogP contribution in [0.4, 0.5) is 0 Å². The Bertz CT molecular complexity index is 1740. The van der Waals surface area contributed by atoms with E-state index < -0.39 is 12.0 Å². The molecule has 39 heavy (non-hydrogen) atoms. The minimum absolute atomic E-state index is 0.223. The molecular formula is C30H24Cl2N2O4S. The largest absolute Gasteiger partial charge is 0.489 e. The second-order valence-corrected chi connectivity index (χ2v) is 10.7. The van der Waals surface area contributed by atoms with Crippen LogP contribution in [0.25, 0.3) is 6.08 Å². The first-order chi connectivity index (χ1) is 18.9. The second kappa shape index (κ2) is 11.6. The van der Waals surface area contributed by atoms with Crippen molar-refractivity contribution in [2.75, 3.05) is 6.61 Å². The molecule has 0 bridgehead atoms. The average molecular weight is 580 g/mol. The number of fused-ring (bicyclic) bond motifs is 1. The van der Waals surface area contributed by atoms with E-state index >= 15 is 0 Å². The number of nitrogens with zero attached hydrogens (tertiary/aromatic N) is 2. The zero-order valence-electron chi connectivity index (χ0n) is 21.2. The molecule has 1 aliphatic heterocycles. The molecule has 0 radical (unpaired) electrons. The number of halogens is 2. The van der Waals surface area contributed by atoms with Crippen LogP contribution >= 0.6 is 34.5 Å². The minimum atomic E-state index is -0.626. The van der Waals surface area contributed by atoms with Crippen LogP contribution in [-0.2, 0) is 16.1 Å². The third kappa shape index (κ3) is 5.71. The van der Waals surface area contributed by atoms with Gasteiger partial charge in [0.05, 0.1) is 28.5 Å². The maximum absolute atomic E-state index is 13.7. The fraction of sp³-hybridized carbons (Fsp3) is 0.167. The molecule has 0 N–H and O–H groups in total. The number of benzene rings is 3. The highest BCUT2D eigenvalue weighted by Gasteiger charge is 2.33. The molecule has 0 fully saturated rings. The van der Waals surface area contributed by atoms with Crippen LogP contribution in [0.1, 0.15) is 36.6 Å². The van der Waals surface area contributed by atoms with E-state index in [2.05, 4.69) is 4.99 Å². The number of aromatic nitrogens is 1. The Morgan fingerprint density at radius 3 is 2.51 bits per heavy atom. The van der Waals surface area contributed by atoms with Crippen molar-refractivity contribution in [3.63, 3.8) is 0 Å². The van der Waals surface area contributed by atoms with Crippen molar-refractivity contribution in [2.24, 2.45) is 4.99 Å². The van der Waals surface area contributed by atoms with Crippen molar-refractivity contribution in [3.05, 3.63) is 130 Å². The Morgan fingerprint density at radius 1 is 1.08 bits per heavy atom. The molecule has 1 aliphatic rings. The van der Waals surface area contributed by atoms with Crippen LogP contribution in [0.5, 0.6) is 5.75 Å². The van der Waals surface area contributed by atoms with Crippen LogP contribution in [0.15, 0.2) is 93.9 Å². The van der Waals surface area contributed by atoms with Gasteiger partial charge < -0.3 is 9.47 Å². The summed E-state index contributed by atoms with van der Waals surface area (Å²) in [6, 6.07) is 21.5. The molecule has 5 rings (SSSR count). The first kappa shape index (κ1) is 26.9. The molecule has 0 amide bonds. The van der Waals surface area contributed by atoms with Crippen molar-refractivity contribution in [1.29, 1.82) is 0 Å². The first-order valence-corrected chi connectivity index (χ1v) is 13.8. The molecule has 198 valence electrons. The van der Waals surface area contributed by atoms with E-state index in [4.69, 9.17) is 32.7 Å². The number of allylic oxidation sites excluding steroid dienone is 1. The Hall–Kier alpha value is -3.65. The van der Waals surface area contributed by atoms with Gasteiger partial charge in [0.15, 0.2) is 4.80 Å². The summed E-state index contributed by atoms with van der Waals surface area (Å²) in [4.78, 5) is 31.8. The summed E-state index contributed by atoms with van der Waals surface area (Å²) in [5, 5.41) is 1.12. The van der Waals surface area contributed by atoms with Gasteiger partial charge in [0.2, 0.25) is 0 Å². The first-order valence-electron chi connectivity index (χ1n) is 12.3. The summed E-state index contributed by atoms with van der Waals surface area (Å²) >= 11 is 13.5. The Balaban J connectivity index is 1.47. The van der Waals surface area contributed by atoms with Gasteiger partial charge in [-0.15, -0.1) is 0 Å². The number of hydrogen-bond acceptors (Lipinski definition) is 6. The van der Waals surface area contributed by atoms with E-state index in [0.29, 0.717) is 43.0 Å². The quantitative estimate of drug-likeness (QED) is 0.264. The highest BCUT2D eigenvalue weighted by Crippen LogP contribution is 2.30. The lowest BCUT2D eigenvalue weighted by atomic mass is 9.96. The van der Waals surface area contributed by atoms with Gasteiger partial charge in [-0.1, -0.05) is 83.1 Å². The molecule has 0 spiro atoms. The molecular weight excluding hydrogens is 555 g/mol. The van der Waals surface area contributed by atoms with Gasteiger partial charge in [-0.25, -0.2) is 9.79 Å². The van der Waals surface area contributed by atoms with Gasteiger partial charge in [0.25, 0.3) is 5.56 Å². The fourth-order valence-electron chi connectivity index (χ4n) is 4.35. The molecule has 2 heterocycles. The standard InChI is InChI=1S/C30H24Cl2N2O4S/c1-3-37-29(36)26-18(2)33-30-34(27(26)20-7-5-4-6-8-20)28(35)25(39-30)15-19-9-13-23(14-10-19)38-17-21-11-12-22(31)16-24(21)32/h4-16,27H,3,17H2,1-2H3/b25-15+/t27-/m1/s1. The fourth-order valence-corrected chi connectivity index (χ4v) is 5.86. The molecule has 0 aliphatic carbocycles. The van der Waals surface area contributed by atoms with Gasteiger partial charge in [-0.05, 0) is 55.3 Å². The van der Waals surface area contributed by atoms with Gasteiger partial charge in [-0.2, -0.15) is 0 Å². The van der Waals surface area contributed by atoms with E-state index in [-0.39, 0.29) is 12.2 Å². The van der Waals surface area contributed by atoms with Crippen molar-refractivity contribution in [2.45, 2.75) is 26.5 Å². The Labute approximate surface area is 239 Å². The third-order valence-corrected chi connectivity index (χ3v) is 7.79. The molecule has 1 atom stereocenters. The highest BCUT2D eigenvalue weighted by atomic mass is 35.5. The Morgan fingerprint density at radius 2 is 1.82 bits per heavy atom. The van der Waals surface area contributed by atoms with E-state index in [1.165, 1.54) is 11.3 Å². The number of carbonyl (C=O) groups is 1. The van der Waals surface area contributed by atoms with Crippen LogP contribution in [0.3, 0.4) is 0 Å². The topological polar surface area (TPSA) is 69.9 Å². The zero-order valence-corrected chi connectivity index (χ0v) is 23.5. The van der Waals surface area contributed by atoms with Gasteiger partial charge in [0.1, 0.15) is 12.4 Å². The third-order valence-electron chi connectivity index (χ3n) is 6.22. The molecule has 6 nitrogen and oxygen atoms in total. The lowest BCUT2D eigenvalue weighted by Gasteiger charge is -2.24. The molecule has 1 aromatic heterocycles. The maximum Gasteiger partial charge on any atom is 0.338 e. The lowest BCUT2D eigenvalue weighted by molar-refractivity contribution is -0.139. The number of hydrogen-bond donors (Lipinski definition) is 0. The molecule has 3 aromatic carbocycles. The predicted octanol–water partition coefficient (Wildman–Crippen LogP) is 5.68.